The fourth-order valence-corrected chi connectivity index (χ4v) is 1.24. The van der Waals surface area contributed by atoms with Gasteiger partial charge in [-0.25, -0.2) is 14.4 Å². The van der Waals surface area contributed by atoms with E-state index in [-0.39, 0.29) is 19.4 Å². The molecule has 0 aliphatic heterocycles. The van der Waals surface area contributed by atoms with Gasteiger partial charge in [0.15, 0.2) is 0 Å². The van der Waals surface area contributed by atoms with E-state index in [0.717, 1.165) is 0 Å². The molecule has 3 N–H and O–H groups in total. The Kier molecular flexibility index (Phi) is 7.01. The summed E-state index contributed by atoms with van der Waals surface area (Å²) in [5, 5.41) is 25.0. The molecule has 0 aromatic rings. The minimum Gasteiger partial charge on any atom is -0.450 e. The Labute approximate surface area is 102 Å². The molecule has 18 heavy (non-hydrogen) atoms. The van der Waals surface area contributed by atoms with Crippen molar-refractivity contribution in [2.45, 2.75) is 32.0 Å². The van der Waals surface area contributed by atoms with Gasteiger partial charge in [0.2, 0.25) is 0 Å². The number of carboxylic acid groups (broad SMARTS) is 3. The molecule has 2 unspecified atom stereocenters. The molecule has 0 heterocycles. The summed E-state index contributed by atoms with van der Waals surface area (Å²) in [6.45, 7) is 1.16. The second-order valence-electron chi connectivity index (χ2n) is 3.34. The van der Waals surface area contributed by atoms with Crippen molar-refractivity contribution in [3.05, 3.63) is 0 Å². The van der Waals surface area contributed by atoms with Gasteiger partial charge in [-0.3, -0.25) is 0 Å². The Bertz CT molecular complexity index is 300. The standard InChI is InChI=1S/C9H14O9/c1-5(17-8(12)13)4-6(18-9(14)15)2-3-16-7(10)11/h5-6H,2-4H2,1H3,(H,10,11)(H,12,13)(H,14,15). The summed E-state index contributed by atoms with van der Waals surface area (Å²) in [4.78, 5) is 30.7. The second kappa shape index (κ2) is 7.98. The van der Waals surface area contributed by atoms with Gasteiger partial charge in [0.25, 0.3) is 0 Å². The molecule has 9 heteroatoms. The van der Waals surface area contributed by atoms with Gasteiger partial charge >= 0.3 is 18.5 Å². The van der Waals surface area contributed by atoms with Crippen molar-refractivity contribution in [1.82, 2.24) is 0 Å². The summed E-state index contributed by atoms with van der Waals surface area (Å²) in [5.74, 6) is 0. The SMILES string of the molecule is CC(CC(CCOC(=O)O)OC(=O)O)OC(=O)O. The molecule has 0 rings (SSSR count). The smallest absolute Gasteiger partial charge is 0.450 e. The quantitative estimate of drug-likeness (QED) is 0.462. The van der Waals surface area contributed by atoms with Crippen LogP contribution in [0.5, 0.6) is 0 Å². The monoisotopic (exact) mass is 266 g/mol. The molecule has 0 spiro atoms. The van der Waals surface area contributed by atoms with E-state index in [2.05, 4.69) is 14.2 Å². The van der Waals surface area contributed by atoms with Crippen LogP contribution in [0.3, 0.4) is 0 Å². The first kappa shape index (κ1) is 15.8. The second-order valence-corrected chi connectivity index (χ2v) is 3.34. The molecule has 0 saturated heterocycles. The summed E-state index contributed by atoms with van der Waals surface area (Å²) in [7, 11) is 0. The first-order chi connectivity index (χ1) is 8.31. The zero-order chi connectivity index (χ0) is 14.1. The third kappa shape index (κ3) is 9.07. The summed E-state index contributed by atoms with van der Waals surface area (Å²) >= 11 is 0. The van der Waals surface area contributed by atoms with Gasteiger partial charge in [-0.1, -0.05) is 0 Å². The van der Waals surface area contributed by atoms with E-state index in [4.69, 9.17) is 15.3 Å². The fraction of sp³-hybridized carbons (Fsp3) is 0.667. The zero-order valence-electron chi connectivity index (χ0n) is 9.57. The van der Waals surface area contributed by atoms with Crippen molar-refractivity contribution in [3.8, 4) is 0 Å². The van der Waals surface area contributed by atoms with E-state index in [1.54, 1.807) is 0 Å². The predicted octanol–water partition coefficient (Wildman–Crippen LogP) is 1.61. The van der Waals surface area contributed by atoms with E-state index in [0.29, 0.717) is 0 Å². The van der Waals surface area contributed by atoms with E-state index in [1.165, 1.54) is 6.92 Å². The molecule has 0 bridgehead atoms. The summed E-state index contributed by atoms with van der Waals surface area (Å²) in [6.07, 6.45) is -6.25. The lowest BCUT2D eigenvalue weighted by Crippen LogP contribution is -2.26. The number of carbonyl (C=O) groups is 3. The summed E-state index contributed by atoms with van der Waals surface area (Å²) < 4.78 is 13.0. The largest absolute Gasteiger partial charge is 0.506 e. The highest BCUT2D eigenvalue weighted by molar-refractivity contribution is 5.58. The van der Waals surface area contributed by atoms with Gasteiger partial charge in [0.05, 0.1) is 6.61 Å². The average Bonchev–Trinajstić information content (AvgIpc) is 2.13. The molecular weight excluding hydrogens is 252 g/mol. The topological polar surface area (TPSA) is 140 Å². The predicted molar refractivity (Wildman–Crippen MR) is 54.7 cm³/mol. The highest BCUT2D eigenvalue weighted by atomic mass is 16.7. The molecule has 0 aliphatic rings. The van der Waals surface area contributed by atoms with Crippen molar-refractivity contribution < 1.29 is 43.9 Å². The van der Waals surface area contributed by atoms with Crippen LogP contribution in [0.15, 0.2) is 0 Å². The lowest BCUT2D eigenvalue weighted by molar-refractivity contribution is -0.000516. The molecule has 0 fully saturated rings. The van der Waals surface area contributed by atoms with Crippen molar-refractivity contribution in [2.24, 2.45) is 0 Å². The molecule has 0 amide bonds. The van der Waals surface area contributed by atoms with Crippen LogP contribution in [0.4, 0.5) is 14.4 Å². The van der Waals surface area contributed by atoms with Gasteiger partial charge < -0.3 is 29.5 Å². The van der Waals surface area contributed by atoms with Gasteiger partial charge in [0.1, 0.15) is 12.2 Å². The van der Waals surface area contributed by atoms with Crippen molar-refractivity contribution >= 4 is 18.5 Å². The maximum Gasteiger partial charge on any atom is 0.506 e. The van der Waals surface area contributed by atoms with Gasteiger partial charge in [-0.15, -0.1) is 0 Å². The van der Waals surface area contributed by atoms with Crippen molar-refractivity contribution in [2.75, 3.05) is 6.61 Å². The highest BCUT2D eigenvalue weighted by Crippen LogP contribution is 2.11. The normalized spacial score (nSPS) is 13.2. The van der Waals surface area contributed by atoms with Crippen LogP contribution in [0.1, 0.15) is 19.8 Å². The Hall–Kier alpha value is -2.19. The maximum absolute atomic E-state index is 10.4. The third-order valence-corrected chi connectivity index (χ3v) is 1.83. The van der Waals surface area contributed by atoms with Gasteiger partial charge in [-0.05, 0) is 6.92 Å². The molecular formula is C9H14O9. The van der Waals surface area contributed by atoms with Crippen LogP contribution >= 0.6 is 0 Å². The van der Waals surface area contributed by atoms with Gasteiger partial charge in [-0.2, -0.15) is 0 Å². The van der Waals surface area contributed by atoms with Gasteiger partial charge in [0, 0.05) is 12.8 Å². The first-order valence-corrected chi connectivity index (χ1v) is 4.96. The fourth-order valence-electron chi connectivity index (χ4n) is 1.24. The van der Waals surface area contributed by atoms with Crippen LogP contribution in [0.25, 0.3) is 0 Å². The van der Waals surface area contributed by atoms with E-state index >= 15 is 0 Å². The molecule has 2 atom stereocenters. The summed E-state index contributed by atoms with van der Waals surface area (Å²) in [5.41, 5.74) is 0. The molecule has 0 aliphatic carbocycles. The highest BCUT2D eigenvalue weighted by Gasteiger charge is 2.20. The summed E-state index contributed by atoms with van der Waals surface area (Å²) in [6, 6.07) is 0. The number of hydrogen-bond donors (Lipinski definition) is 3. The van der Waals surface area contributed by atoms with Crippen LogP contribution in [0.2, 0.25) is 0 Å². The van der Waals surface area contributed by atoms with Crippen molar-refractivity contribution in [1.29, 1.82) is 0 Å². The molecule has 9 nitrogen and oxygen atoms in total. The third-order valence-electron chi connectivity index (χ3n) is 1.83. The zero-order valence-corrected chi connectivity index (χ0v) is 9.57. The number of rotatable bonds is 7. The molecule has 0 saturated carbocycles. The van der Waals surface area contributed by atoms with Crippen LogP contribution in [-0.2, 0) is 14.2 Å². The Balaban J connectivity index is 4.16. The lowest BCUT2D eigenvalue weighted by atomic mass is 10.1. The minimum atomic E-state index is -1.54. The van der Waals surface area contributed by atoms with E-state index < -0.39 is 30.7 Å². The van der Waals surface area contributed by atoms with E-state index in [1.807, 2.05) is 0 Å². The Morgan fingerprint density at radius 1 is 1.00 bits per heavy atom. The number of ether oxygens (including phenoxy) is 3. The molecule has 0 aromatic heterocycles. The molecule has 0 aromatic carbocycles. The average molecular weight is 266 g/mol. The van der Waals surface area contributed by atoms with Crippen LogP contribution in [0, 0.1) is 0 Å². The van der Waals surface area contributed by atoms with Crippen molar-refractivity contribution in [3.63, 3.8) is 0 Å². The maximum atomic E-state index is 10.4. The number of hydrogen-bond acceptors (Lipinski definition) is 6. The van der Waals surface area contributed by atoms with E-state index in [9.17, 15) is 14.4 Å². The lowest BCUT2D eigenvalue weighted by Gasteiger charge is -2.18. The Morgan fingerprint density at radius 3 is 2.00 bits per heavy atom. The Morgan fingerprint density at radius 2 is 1.56 bits per heavy atom. The molecule has 0 radical (unpaired) electrons. The first-order valence-electron chi connectivity index (χ1n) is 4.96. The van der Waals surface area contributed by atoms with Crippen LogP contribution < -0.4 is 0 Å². The molecule has 104 valence electrons. The van der Waals surface area contributed by atoms with Crippen LogP contribution in [-0.4, -0.2) is 52.6 Å². The minimum absolute atomic E-state index is 0.0219.